The van der Waals surface area contributed by atoms with Crippen LogP contribution in [0.3, 0.4) is 0 Å². The SMILES string of the molecule is CC(C)n1cc(C(=O)Nc2cnccc2N2CCN(C)CC2)cn1. The predicted octanol–water partition coefficient (Wildman–Crippen LogP) is 1.86. The number of anilines is 2. The monoisotopic (exact) mass is 328 g/mol. The van der Waals surface area contributed by atoms with Crippen LogP contribution in [0, 0.1) is 0 Å². The van der Waals surface area contributed by atoms with E-state index in [0.29, 0.717) is 5.56 Å². The number of hydrogen-bond donors (Lipinski definition) is 1. The zero-order chi connectivity index (χ0) is 17.1. The van der Waals surface area contributed by atoms with Gasteiger partial charge in [-0.2, -0.15) is 5.10 Å². The lowest BCUT2D eigenvalue weighted by Gasteiger charge is -2.34. The van der Waals surface area contributed by atoms with Gasteiger partial charge in [0.15, 0.2) is 0 Å². The molecule has 0 saturated carbocycles. The Morgan fingerprint density at radius 3 is 2.62 bits per heavy atom. The highest BCUT2D eigenvalue weighted by molar-refractivity contribution is 6.05. The fourth-order valence-electron chi connectivity index (χ4n) is 2.74. The summed E-state index contributed by atoms with van der Waals surface area (Å²) in [4.78, 5) is 21.3. The van der Waals surface area contributed by atoms with Crippen LogP contribution in [0.25, 0.3) is 0 Å². The lowest BCUT2D eigenvalue weighted by Crippen LogP contribution is -2.44. The number of aromatic nitrogens is 3. The van der Waals surface area contributed by atoms with Crippen molar-refractivity contribution in [1.29, 1.82) is 0 Å². The van der Waals surface area contributed by atoms with Crippen LogP contribution in [0.2, 0.25) is 0 Å². The van der Waals surface area contributed by atoms with Gasteiger partial charge in [0, 0.05) is 44.6 Å². The second-order valence-corrected chi connectivity index (χ2v) is 6.44. The van der Waals surface area contributed by atoms with Gasteiger partial charge in [-0.05, 0) is 27.0 Å². The van der Waals surface area contributed by atoms with Gasteiger partial charge in [0.1, 0.15) is 0 Å². The van der Waals surface area contributed by atoms with Crippen LogP contribution in [0.15, 0.2) is 30.9 Å². The van der Waals surface area contributed by atoms with Crippen molar-refractivity contribution in [3.63, 3.8) is 0 Å². The molecule has 3 rings (SSSR count). The van der Waals surface area contributed by atoms with Crippen molar-refractivity contribution in [3.05, 3.63) is 36.4 Å². The quantitative estimate of drug-likeness (QED) is 0.928. The van der Waals surface area contributed by atoms with Crippen molar-refractivity contribution >= 4 is 17.3 Å². The molecule has 7 nitrogen and oxygen atoms in total. The number of pyridine rings is 1. The lowest BCUT2D eigenvalue weighted by molar-refractivity contribution is 0.102. The number of rotatable bonds is 4. The molecule has 2 aromatic heterocycles. The largest absolute Gasteiger partial charge is 0.367 e. The fraction of sp³-hybridized carbons (Fsp3) is 0.471. The number of carbonyl (C=O) groups excluding carboxylic acids is 1. The number of piperazine rings is 1. The molecule has 24 heavy (non-hydrogen) atoms. The molecule has 1 saturated heterocycles. The molecule has 0 spiro atoms. The van der Waals surface area contributed by atoms with E-state index in [1.165, 1.54) is 0 Å². The Bertz CT molecular complexity index is 703. The summed E-state index contributed by atoms with van der Waals surface area (Å²) in [7, 11) is 2.12. The van der Waals surface area contributed by atoms with E-state index in [2.05, 4.69) is 32.2 Å². The standard InChI is InChI=1S/C17H24N6O/c1-13(2)23-12-14(10-19-23)17(24)20-15-11-18-5-4-16(15)22-8-6-21(3)7-9-22/h4-5,10-13H,6-9H2,1-3H3,(H,20,24). The van der Waals surface area contributed by atoms with E-state index in [9.17, 15) is 4.79 Å². The Labute approximate surface area is 142 Å². The van der Waals surface area contributed by atoms with E-state index in [0.717, 1.165) is 37.6 Å². The summed E-state index contributed by atoms with van der Waals surface area (Å²) in [6, 6.07) is 2.18. The molecular weight excluding hydrogens is 304 g/mol. The molecular formula is C17H24N6O. The normalized spacial score (nSPS) is 15.8. The molecule has 128 valence electrons. The van der Waals surface area contributed by atoms with Gasteiger partial charge in [-0.1, -0.05) is 0 Å². The number of carbonyl (C=O) groups is 1. The summed E-state index contributed by atoms with van der Waals surface area (Å²) >= 11 is 0. The summed E-state index contributed by atoms with van der Waals surface area (Å²) in [5, 5.41) is 7.20. The molecule has 0 radical (unpaired) electrons. The molecule has 0 aromatic carbocycles. The van der Waals surface area contributed by atoms with Gasteiger partial charge >= 0.3 is 0 Å². The maximum atomic E-state index is 12.5. The molecule has 1 aliphatic heterocycles. The number of hydrogen-bond acceptors (Lipinski definition) is 5. The average molecular weight is 328 g/mol. The van der Waals surface area contributed by atoms with Crippen molar-refractivity contribution in [3.8, 4) is 0 Å². The molecule has 1 fully saturated rings. The van der Waals surface area contributed by atoms with E-state index < -0.39 is 0 Å². The van der Waals surface area contributed by atoms with Crippen molar-refractivity contribution in [1.82, 2.24) is 19.7 Å². The van der Waals surface area contributed by atoms with Gasteiger partial charge in [-0.15, -0.1) is 0 Å². The van der Waals surface area contributed by atoms with Crippen LogP contribution < -0.4 is 10.2 Å². The number of likely N-dealkylation sites (N-methyl/N-ethyl adjacent to an activating group) is 1. The minimum atomic E-state index is -0.162. The summed E-state index contributed by atoms with van der Waals surface area (Å²) in [5.41, 5.74) is 2.31. The van der Waals surface area contributed by atoms with E-state index in [1.807, 2.05) is 19.9 Å². The minimum Gasteiger partial charge on any atom is -0.367 e. The molecule has 0 aliphatic carbocycles. The molecule has 7 heteroatoms. The smallest absolute Gasteiger partial charge is 0.258 e. The number of nitrogens with zero attached hydrogens (tertiary/aromatic N) is 5. The molecule has 2 aromatic rings. The second-order valence-electron chi connectivity index (χ2n) is 6.44. The van der Waals surface area contributed by atoms with Crippen LogP contribution in [-0.2, 0) is 0 Å². The lowest BCUT2D eigenvalue weighted by atomic mass is 10.2. The average Bonchev–Trinajstić information content (AvgIpc) is 3.07. The highest BCUT2D eigenvalue weighted by Gasteiger charge is 2.19. The third-order valence-electron chi connectivity index (χ3n) is 4.28. The van der Waals surface area contributed by atoms with Crippen LogP contribution in [0.5, 0.6) is 0 Å². The zero-order valence-electron chi connectivity index (χ0n) is 14.4. The molecule has 0 bridgehead atoms. The van der Waals surface area contributed by atoms with Crippen LogP contribution in [-0.4, -0.2) is 58.8 Å². The Balaban J connectivity index is 1.76. The third kappa shape index (κ3) is 3.56. The van der Waals surface area contributed by atoms with Gasteiger partial charge in [0.05, 0.1) is 29.3 Å². The van der Waals surface area contributed by atoms with E-state index in [4.69, 9.17) is 0 Å². The summed E-state index contributed by atoms with van der Waals surface area (Å²) in [5.74, 6) is -0.162. The van der Waals surface area contributed by atoms with Crippen molar-refractivity contribution in [2.75, 3.05) is 43.4 Å². The Morgan fingerprint density at radius 1 is 1.21 bits per heavy atom. The van der Waals surface area contributed by atoms with Gasteiger partial charge in [0.2, 0.25) is 0 Å². The Morgan fingerprint density at radius 2 is 1.96 bits per heavy atom. The molecule has 1 N–H and O–H groups in total. The zero-order valence-corrected chi connectivity index (χ0v) is 14.4. The summed E-state index contributed by atoms with van der Waals surface area (Å²) in [6.45, 7) is 7.96. The van der Waals surface area contributed by atoms with Crippen LogP contribution in [0.1, 0.15) is 30.2 Å². The first-order valence-electron chi connectivity index (χ1n) is 8.27. The number of amides is 1. The molecule has 0 unspecified atom stereocenters. The first-order chi connectivity index (χ1) is 11.5. The van der Waals surface area contributed by atoms with Gasteiger partial charge in [-0.3, -0.25) is 14.5 Å². The first-order valence-corrected chi connectivity index (χ1v) is 8.27. The Hall–Kier alpha value is -2.41. The van der Waals surface area contributed by atoms with E-state index in [-0.39, 0.29) is 11.9 Å². The molecule has 1 amide bonds. The van der Waals surface area contributed by atoms with Crippen LogP contribution >= 0.6 is 0 Å². The first kappa shape index (κ1) is 16.4. The molecule has 3 heterocycles. The maximum absolute atomic E-state index is 12.5. The Kier molecular flexibility index (Phi) is 4.80. The predicted molar refractivity (Wildman–Crippen MR) is 94.5 cm³/mol. The highest BCUT2D eigenvalue weighted by atomic mass is 16.1. The molecule has 1 aliphatic rings. The minimum absolute atomic E-state index is 0.162. The maximum Gasteiger partial charge on any atom is 0.258 e. The topological polar surface area (TPSA) is 66.3 Å². The molecule has 0 atom stereocenters. The van der Waals surface area contributed by atoms with Crippen molar-refractivity contribution in [2.24, 2.45) is 0 Å². The third-order valence-corrected chi connectivity index (χ3v) is 4.28. The van der Waals surface area contributed by atoms with E-state index >= 15 is 0 Å². The second kappa shape index (κ2) is 7.00. The highest BCUT2D eigenvalue weighted by Crippen LogP contribution is 2.26. The summed E-state index contributed by atoms with van der Waals surface area (Å²) in [6.07, 6.45) is 6.84. The van der Waals surface area contributed by atoms with Gasteiger partial charge < -0.3 is 15.1 Å². The van der Waals surface area contributed by atoms with Crippen molar-refractivity contribution in [2.45, 2.75) is 19.9 Å². The summed E-state index contributed by atoms with van der Waals surface area (Å²) < 4.78 is 1.78. The fourth-order valence-corrected chi connectivity index (χ4v) is 2.74. The van der Waals surface area contributed by atoms with Gasteiger partial charge in [0.25, 0.3) is 5.91 Å². The van der Waals surface area contributed by atoms with E-state index in [1.54, 1.807) is 29.5 Å². The van der Waals surface area contributed by atoms with Crippen molar-refractivity contribution < 1.29 is 4.79 Å². The van der Waals surface area contributed by atoms with Crippen LogP contribution in [0.4, 0.5) is 11.4 Å². The number of nitrogens with one attached hydrogen (secondary N) is 1. The van der Waals surface area contributed by atoms with Gasteiger partial charge in [-0.25, -0.2) is 0 Å².